The Balaban J connectivity index is 1.71. The van der Waals surface area contributed by atoms with E-state index in [1.54, 1.807) is 17.4 Å². The molecule has 2 aromatic heterocycles. The Bertz CT molecular complexity index is 561. The lowest BCUT2D eigenvalue weighted by Crippen LogP contribution is -2.06. The van der Waals surface area contributed by atoms with Crippen molar-refractivity contribution in [3.8, 4) is 0 Å². The second-order valence-corrected chi connectivity index (χ2v) is 5.49. The summed E-state index contributed by atoms with van der Waals surface area (Å²) >= 11 is 1.65. The molecule has 1 fully saturated rings. The third-order valence-electron chi connectivity index (χ3n) is 2.79. The topological polar surface area (TPSA) is 76.7 Å². The third-order valence-corrected chi connectivity index (χ3v) is 3.76. The standard InChI is InChI=1S/C12H15N5S/c1-7-6-18-11(15-7)5-14-10-4-9(13)16-12(17-10)8-2-3-8/h4,6,8H,2-3,5H2,1H3,(H3,13,14,16,17). The molecule has 1 aliphatic rings. The Hall–Kier alpha value is -1.69. The van der Waals surface area contributed by atoms with Crippen LogP contribution in [0.4, 0.5) is 11.6 Å². The molecule has 6 heteroatoms. The van der Waals surface area contributed by atoms with E-state index in [0.717, 1.165) is 22.3 Å². The molecule has 2 aromatic rings. The van der Waals surface area contributed by atoms with E-state index in [4.69, 9.17) is 5.73 Å². The van der Waals surface area contributed by atoms with Gasteiger partial charge in [0.1, 0.15) is 22.5 Å². The van der Waals surface area contributed by atoms with Crippen LogP contribution in [0, 0.1) is 6.92 Å². The highest BCUT2D eigenvalue weighted by Gasteiger charge is 2.27. The second kappa shape index (κ2) is 4.53. The summed E-state index contributed by atoms with van der Waals surface area (Å²) < 4.78 is 0. The van der Waals surface area contributed by atoms with E-state index >= 15 is 0 Å². The molecule has 0 bridgehead atoms. The summed E-state index contributed by atoms with van der Waals surface area (Å²) in [6.07, 6.45) is 2.35. The molecule has 3 rings (SSSR count). The molecule has 0 spiro atoms. The minimum absolute atomic E-state index is 0.510. The fourth-order valence-electron chi connectivity index (χ4n) is 1.75. The van der Waals surface area contributed by atoms with Gasteiger partial charge in [0.05, 0.1) is 6.54 Å². The van der Waals surface area contributed by atoms with E-state index in [9.17, 15) is 0 Å². The fraction of sp³-hybridized carbons (Fsp3) is 0.417. The number of nitrogens with one attached hydrogen (secondary N) is 1. The monoisotopic (exact) mass is 261 g/mol. The van der Waals surface area contributed by atoms with Crippen LogP contribution in [0.1, 0.15) is 35.3 Å². The van der Waals surface area contributed by atoms with E-state index in [-0.39, 0.29) is 0 Å². The van der Waals surface area contributed by atoms with Crippen LogP contribution in [0.15, 0.2) is 11.4 Å². The van der Waals surface area contributed by atoms with Gasteiger partial charge in [-0.15, -0.1) is 11.3 Å². The van der Waals surface area contributed by atoms with Crippen LogP contribution >= 0.6 is 11.3 Å². The van der Waals surface area contributed by atoms with Gasteiger partial charge in [0, 0.05) is 23.1 Å². The lowest BCUT2D eigenvalue weighted by atomic mass is 10.4. The first-order chi connectivity index (χ1) is 8.70. The molecule has 94 valence electrons. The van der Waals surface area contributed by atoms with Crippen molar-refractivity contribution in [1.29, 1.82) is 0 Å². The molecule has 3 N–H and O–H groups in total. The molecular weight excluding hydrogens is 246 g/mol. The van der Waals surface area contributed by atoms with Gasteiger partial charge in [-0.2, -0.15) is 0 Å². The summed E-state index contributed by atoms with van der Waals surface area (Å²) in [5.74, 6) is 2.70. The summed E-state index contributed by atoms with van der Waals surface area (Å²) in [6.45, 7) is 2.67. The lowest BCUT2D eigenvalue weighted by molar-refractivity contribution is 0.924. The van der Waals surface area contributed by atoms with Gasteiger partial charge in [-0.05, 0) is 19.8 Å². The Kier molecular flexibility index (Phi) is 2.87. The average molecular weight is 261 g/mol. The van der Waals surface area contributed by atoms with Crippen LogP contribution in [0.25, 0.3) is 0 Å². The molecule has 1 saturated carbocycles. The largest absolute Gasteiger partial charge is 0.384 e. The SMILES string of the molecule is Cc1csc(CNc2cc(N)nc(C3CC3)n2)n1. The van der Waals surface area contributed by atoms with Crippen molar-refractivity contribution < 1.29 is 0 Å². The van der Waals surface area contributed by atoms with E-state index in [1.807, 2.05) is 12.3 Å². The van der Waals surface area contributed by atoms with Crippen LogP contribution in [-0.4, -0.2) is 15.0 Å². The Morgan fingerprint density at radius 2 is 2.22 bits per heavy atom. The molecule has 0 aliphatic heterocycles. The maximum absolute atomic E-state index is 5.79. The zero-order valence-electron chi connectivity index (χ0n) is 10.2. The van der Waals surface area contributed by atoms with Crippen LogP contribution in [0.3, 0.4) is 0 Å². The quantitative estimate of drug-likeness (QED) is 0.883. The van der Waals surface area contributed by atoms with Gasteiger partial charge in [0.25, 0.3) is 0 Å². The van der Waals surface area contributed by atoms with E-state index in [2.05, 4.69) is 20.3 Å². The highest BCUT2D eigenvalue weighted by atomic mass is 32.1. The van der Waals surface area contributed by atoms with Gasteiger partial charge in [0.2, 0.25) is 0 Å². The van der Waals surface area contributed by atoms with Crippen molar-refractivity contribution in [3.63, 3.8) is 0 Å². The number of aryl methyl sites for hydroxylation is 1. The van der Waals surface area contributed by atoms with E-state index in [1.165, 1.54) is 12.8 Å². The Morgan fingerprint density at radius 3 is 2.89 bits per heavy atom. The molecule has 0 atom stereocenters. The minimum atomic E-state index is 0.510. The van der Waals surface area contributed by atoms with Crippen molar-refractivity contribution in [2.24, 2.45) is 0 Å². The molecule has 0 radical (unpaired) electrons. The maximum Gasteiger partial charge on any atom is 0.136 e. The summed E-state index contributed by atoms with van der Waals surface area (Å²) in [5, 5.41) is 6.35. The highest BCUT2D eigenvalue weighted by molar-refractivity contribution is 7.09. The maximum atomic E-state index is 5.79. The lowest BCUT2D eigenvalue weighted by Gasteiger charge is -2.06. The Labute approximate surface area is 109 Å². The predicted molar refractivity (Wildman–Crippen MR) is 72.6 cm³/mol. The van der Waals surface area contributed by atoms with Gasteiger partial charge in [-0.1, -0.05) is 0 Å². The molecule has 1 aliphatic carbocycles. The smallest absolute Gasteiger partial charge is 0.136 e. The number of hydrogen-bond acceptors (Lipinski definition) is 6. The highest BCUT2D eigenvalue weighted by Crippen LogP contribution is 2.38. The van der Waals surface area contributed by atoms with Crippen molar-refractivity contribution >= 4 is 23.0 Å². The van der Waals surface area contributed by atoms with Crippen LogP contribution in [0.2, 0.25) is 0 Å². The van der Waals surface area contributed by atoms with Crippen LogP contribution < -0.4 is 11.1 Å². The van der Waals surface area contributed by atoms with Gasteiger partial charge in [-0.25, -0.2) is 15.0 Å². The van der Waals surface area contributed by atoms with Crippen molar-refractivity contribution in [2.75, 3.05) is 11.1 Å². The molecule has 18 heavy (non-hydrogen) atoms. The number of hydrogen-bond donors (Lipinski definition) is 2. The molecule has 2 heterocycles. The summed E-state index contributed by atoms with van der Waals surface area (Å²) in [6, 6.07) is 1.77. The van der Waals surface area contributed by atoms with Gasteiger partial charge < -0.3 is 11.1 Å². The number of nitrogens with zero attached hydrogens (tertiary/aromatic N) is 3. The predicted octanol–water partition coefficient (Wildman–Crippen LogP) is 2.31. The normalized spacial score (nSPS) is 14.7. The number of anilines is 2. The van der Waals surface area contributed by atoms with Crippen molar-refractivity contribution in [2.45, 2.75) is 32.2 Å². The van der Waals surface area contributed by atoms with E-state index < -0.39 is 0 Å². The molecule has 0 amide bonds. The van der Waals surface area contributed by atoms with Gasteiger partial charge in [-0.3, -0.25) is 0 Å². The van der Waals surface area contributed by atoms with Gasteiger partial charge in [0.15, 0.2) is 0 Å². The van der Waals surface area contributed by atoms with E-state index in [0.29, 0.717) is 18.3 Å². The van der Waals surface area contributed by atoms with Crippen LogP contribution in [0.5, 0.6) is 0 Å². The average Bonchev–Trinajstić information content (AvgIpc) is 3.10. The Morgan fingerprint density at radius 1 is 1.39 bits per heavy atom. The number of nitrogen functional groups attached to an aromatic ring is 1. The van der Waals surface area contributed by atoms with Gasteiger partial charge >= 0.3 is 0 Å². The fourth-order valence-corrected chi connectivity index (χ4v) is 2.46. The number of aromatic nitrogens is 3. The summed E-state index contributed by atoms with van der Waals surface area (Å²) in [5.41, 5.74) is 6.85. The zero-order valence-corrected chi connectivity index (χ0v) is 11.0. The zero-order chi connectivity index (χ0) is 12.5. The molecular formula is C12H15N5S. The molecule has 0 saturated heterocycles. The first kappa shape index (κ1) is 11.4. The minimum Gasteiger partial charge on any atom is -0.384 e. The van der Waals surface area contributed by atoms with Crippen molar-refractivity contribution in [1.82, 2.24) is 15.0 Å². The third kappa shape index (κ3) is 2.59. The molecule has 0 aromatic carbocycles. The summed E-state index contributed by atoms with van der Waals surface area (Å²) in [7, 11) is 0. The second-order valence-electron chi connectivity index (χ2n) is 4.55. The van der Waals surface area contributed by atoms with Crippen LogP contribution in [-0.2, 0) is 6.54 Å². The molecule has 5 nitrogen and oxygen atoms in total. The number of rotatable bonds is 4. The first-order valence-corrected chi connectivity index (χ1v) is 6.88. The summed E-state index contributed by atoms with van der Waals surface area (Å²) in [4.78, 5) is 13.2. The van der Waals surface area contributed by atoms with Crippen molar-refractivity contribution in [3.05, 3.63) is 28.0 Å². The number of thiazole rings is 1. The number of nitrogens with two attached hydrogens (primary N) is 1. The molecule has 0 unspecified atom stereocenters. The first-order valence-electron chi connectivity index (χ1n) is 6.00.